The molecule has 0 fully saturated rings. The number of nitrogens with one attached hydrogen (secondary N) is 1. The zero-order valence-electron chi connectivity index (χ0n) is 12.2. The van der Waals surface area contributed by atoms with Gasteiger partial charge < -0.3 is 5.32 Å². The predicted octanol–water partition coefficient (Wildman–Crippen LogP) is 3.75. The molecule has 0 spiro atoms. The van der Waals surface area contributed by atoms with Crippen LogP contribution in [0.4, 0.5) is 0 Å². The van der Waals surface area contributed by atoms with Crippen molar-refractivity contribution in [2.45, 2.75) is 33.2 Å². The van der Waals surface area contributed by atoms with E-state index >= 15 is 0 Å². The standard InChI is InChI=1S/C16H20BrN3/c1-4-18-15(8-14-6-5-13(17)10-19-14)16-12(3)7-11(2)9-20-16/h5-7,9-10,15,18H,4,8H2,1-3H3. The van der Waals surface area contributed by atoms with Gasteiger partial charge in [-0.2, -0.15) is 0 Å². The normalized spacial score (nSPS) is 12.4. The number of rotatable bonds is 5. The molecule has 2 rings (SSSR count). The van der Waals surface area contributed by atoms with E-state index in [9.17, 15) is 0 Å². The summed E-state index contributed by atoms with van der Waals surface area (Å²) in [4.78, 5) is 9.07. The van der Waals surface area contributed by atoms with Crippen LogP contribution in [-0.2, 0) is 6.42 Å². The van der Waals surface area contributed by atoms with E-state index < -0.39 is 0 Å². The molecule has 1 atom stereocenters. The highest BCUT2D eigenvalue weighted by Crippen LogP contribution is 2.20. The van der Waals surface area contributed by atoms with Crippen molar-refractivity contribution in [2.75, 3.05) is 6.54 Å². The molecule has 2 aromatic heterocycles. The molecule has 4 heteroatoms. The Hall–Kier alpha value is -1.26. The van der Waals surface area contributed by atoms with E-state index in [-0.39, 0.29) is 6.04 Å². The van der Waals surface area contributed by atoms with Crippen LogP contribution < -0.4 is 5.32 Å². The lowest BCUT2D eigenvalue weighted by Gasteiger charge is -2.19. The molecule has 1 N–H and O–H groups in total. The molecule has 0 bridgehead atoms. The minimum Gasteiger partial charge on any atom is -0.309 e. The summed E-state index contributed by atoms with van der Waals surface area (Å²) in [6.07, 6.45) is 4.62. The highest BCUT2D eigenvalue weighted by atomic mass is 79.9. The Morgan fingerprint density at radius 1 is 1.20 bits per heavy atom. The quantitative estimate of drug-likeness (QED) is 0.905. The Bertz CT molecular complexity index is 566. The monoisotopic (exact) mass is 333 g/mol. The topological polar surface area (TPSA) is 37.8 Å². The first-order valence-corrected chi connectivity index (χ1v) is 7.66. The highest BCUT2D eigenvalue weighted by molar-refractivity contribution is 9.10. The summed E-state index contributed by atoms with van der Waals surface area (Å²) < 4.78 is 1.01. The fourth-order valence-corrected chi connectivity index (χ4v) is 2.57. The van der Waals surface area contributed by atoms with Crippen LogP contribution in [0.1, 0.15) is 35.5 Å². The average Bonchev–Trinajstić information content (AvgIpc) is 2.41. The Labute approximate surface area is 129 Å². The smallest absolute Gasteiger partial charge is 0.0606 e. The lowest BCUT2D eigenvalue weighted by Crippen LogP contribution is -2.25. The largest absolute Gasteiger partial charge is 0.309 e. The van der Waals surface area contributed by atoms with E-state index in [1.54, 1.807) is 0 Å². The first-order chi connectivity index (χ1) is 9.60. The maximum atomic E-state index is 4.61. The fraction of sp³-hybridized carbons (Fsp3) is 0.375. The van der Waals surface area contributed by atoms with Crippen molar-refractivity contribution in [3.05, 3.63) is 57.6 Å². The molecular weight excluding hydrogens is 314 g/mol. The number of pyridine rings is 2. The van der Waals surface area contributed by atoms with Gasteiger partial charge in [0.2, 0.25) is 0 Å². The molecule has 0 saturated carbocycles. The van der Waals surface area contributed by atoms with Crippen LogP contribution in [-0.4, -0.2) is 16.5 Å². The summed E-state index contributed by atoms with van der Waals surface area (Å²) in [7, 11) is 0. The molecule has 0 aliphatic carbocycles. The number of likely N-dealkylation sites (N-methyl/N-ethyl adjacent to an activating group) is 1. The molecular formula is C16H20BrN3. The molecule has 0 aromatic carbocycles. The Morgan fingerprint density at radius 3 is 2.60 bits per heavy atom. The third kappa shape index (κ3) is 3.87. The average molecular weight is 334 g/mol. The van der Waals surface area contributed by atoms with Gasteiger partial charge in [0.15, 0.2) is 0 Å². The highest BCUT2D eigenvalue weighted by Gasteiger charge is 2.15. The number of hydrogen-bond donors (Lipinski definition) is 1. The lowest BCUT2D eigenvalue weighted by atomic mass is 10.0. The van der Waals surface area contributed by atoms with Crippen LogP contribution in [0, 0.1) is 13.8 Å². The van der Waals surface area contributed by atoms with Crippen molar-refractivity contribution in [2.24, 2.45) is 0 Å². The minimum atomic E-state index is 0.203. The van der Waals surface area contributed by atoms with Crippen molar-refractivity contribution >= 4 is 15.9 Å². The van der Waals surface area contributed by atoms with Crippen LogP contribution in [0.2, 0.25) is 0 Å². The van der Waals surface area contributed by atoms with Gasteiger partial charge in [-0.3, -0.25) is 9.97 Å². The maximum Gasteiger partial charge on any atom is 0.0606 e. The summed E-state index contributed by atoms with van der Waals surface area (Å²) in [5.74, 6) is 0. The van der Waals surface area contributed by atoms with Gasteiger partial charge in [-0.15, -0.1) is 0 Å². The molecule has 0 aliphatic heterocycles. The van der Waals surface area contributed by atoms with E-state index in [4.69, 9.17) is 0 Å². The number of aryl methyl sites for hydroxylation is 2. The number of halogens is 1. The second-order valence-electron chi connectivity index (χ2n) is 5.00. The van der Waals surface area contributed by atoms with Crippen LogP contribution in [0.25, 0.3) is 0 Å². The summed E-state index contributed by atoms with van der Waals surface area (Å²) in [5.41, 5.74) is 4.61. The summed E-state index contributed by atoms with van der Waals surface area (Å²) in [6, 6.07) is 6.47. The van der Waals surface area contributed by atoms with Crippen molar-refractivity contribution < 1.29 is 0 Å². The van der Waals surface area contributed by atoms with Crippen molar-refractivity contribution in [3.63, 3.8) is 0 Å². The molecule has 3 nitrogen and oxygen atoms in total. The van der Waals surface area contributed by atoms with Gasteiger partial charge in [0.25, 0.3) is 0 Å². The second kappa shape index (κ2) is 6.95. The minimum absolute atomic E-state index is 0.203. The molecule has 0 amide bonds. The van der Waals surface area contributed by atoms with E-state index in [0.29, 0.717) is 0 Å². The number of nitrogens with zero attached hydrogens (tertiary/aromatic N) is 2. The Balaban J connectivity index is 2.24. The molecule has 0 aliphatic rings. The van der Waals surface area contributed by atoms with Crippen molar-refractivity contribution in [1.82, 2.24) is 15.3 Å². The zero-order chi connectivity index (χ0) is 14.5. The van der Waals surface area contributed by atoms with E-state index in [1.165, 1.54) is 11.1 Å². The molecule has 2 aromatic rings. The van der Waals surface area contributed by atoms with E-state index in [2.05, 4.69) is 64.1 Å². The third-order valence-corrected chi connectivity index (χ3v) is 3.71. The molecule has 106 valence electrons. The molecule has 1 unspecified atom stereocenters. The fourth-order valence-electron chi connectivity index (χ4n) is 2.34. The first-order valence-electron chi connectivity index (χ1n) is 6.87. The van der Waals surface area contributed by atoms with Crippen LogP contribution in [0.15, 0.2) is 35.1 Å². The van der Waals surface area contributed by atoms with Crippen LogP contribution >= 0.6 is 15.9 Å². The van der Waals surface area contributed by atoms with Crippen LogP contribution in [0.3, 0.4) is 0 Å². The van der Waals surface area contributed by atoms with Gasteiger partial charge in [0.05, 0.1) is 11.7 Å². The predicted molar refractivity (Wildman–Crippen MR) is 85.8 cm³/mol. The van der Waals surface area contributed by atoms with E-state index in [1.807, 2.05) is 18.5 Å². The van der Waals surface area contributed by atoms with Gasteiger partial charge in [0, 0.05) is 29.0 Å². The molecule has 0 saturated heterocycles. The lowest BCUT2D eigenvalue weighted by molar-refractivity contribution is 0.528. The molecule has 0 radical (unpaired) electrons. The molecule has 2 heterocycles. The van der Waals surface area contributed by atoms with Crippen molar-refractivity contribution in [3.8, 4) is 0 Å². The summed E-state index contributed by atoms with van der Waals surface area (Å²) >= 11 is 3.42. The molecule has 20 heavy (non-hydrogen) atoms. The first kappa shape index (κ1) is 15.1. The van der Waals surface area contributed by atoms with E-state index in [0.717, 1.165) is 28.8 Å². The van der Waals surface area contributed by atoms with Crippen molar-refractivity contribution in [1.29, 1.82) is 0 Å². The number of hydrogen-bond acceptors (Lipinski definition) is 3. The van der Waals surface area contributed by atoms with Gasteiger partial charge in [0.1, 0.15) is 0 Å². The second-order valence-corrected chi connectivity index (χ2v) is 5.91. The Morgan fingerprint density at radius 2 is 2.00 bits per heavy atom. The van der Waals surface area contributed by atoms with Crippen LogP contribution in [0.5, 0.6) is 0 Å². The van der Waals surface area contributed by atoms with Gasteiger partial charge in [-0.05, 0) is 59.6 Å². The Kier molecular flexibility index (Phi) is 5.26. The number of aromatic nitrogens is 2. The SMILES string of the molecule is CCNC(Cc1ccc(Br)cn1)c1ncc(C)cc1C. The maximum absolute atomic E-state index is 4.61. The summed E-state index contributed by atoms with van der Waals surface area (Å²) in [6.45, 7) is 7.22. The zero-order valence-corrected chi connectivity index (χ0v) is 13.7. The van der Waals surface area contributed by atoms with Gasteiger partial charge in [-0.25, -0.2) is 0 Å². The summed E-state index contributed by atoms with van der Waals surface area (Å²) in [5, 5.41) is 3.51. The van der Waals surface area contributed by atoms with Gasteiger partial charge in [-0.1, -0.05) is 13.0 Å². The third-order valence-electron chi connectivity index (χ3n) is 3.24. The van der Waals surface area contributed by atoms with Gasteiger partial charge >= 0.3 is 0 Å².